The molecule has 2 rings (SSSR count). The summed E-state index contributed by atoms with van der Waals surface area (Å²) in [6, 6.07) is 4.73. The van der Waals surface area contributed by atoms with Gasteiger partial charge in [0.2, 0.25) is 0 Å². The highest BCUT2D eigenvalue weighted by atomic mass is 19.1. The fourth-order valence-corrected chi connectivity index (χ4v) is 1.48. The van der Waals surface area contributed by atoms with Gasteiger partial charge < -0.3 is 10.1 Å². The average molecular weight is 223 g/mol. The van der Waals surface area contributed by atoms with Crippen LogP contribution < -0.4 is 5.32 Å². The topological polar surface area (TPSA) is 38.3 Å². The number of esters is 1. The van der Waals surface area contributed by atoms with E-state index in [1.165, 1.54) is 12.1 Å². The summed E-state index contributed by atoms with van der Waals surface area (Å²) in [5, 5.41) is 3.02. The Morgan fingerprint density at radius 3 is 2.94 bits per heavy atom. The van der Waals surface area contributed by atoms with E-state index in [0.717, 1.165) is 12.8 Å². The first-order chi connectivity index (χ1) is 7.72. The van der Waals surface area contributed by atoms with Gasteiger partial charge >= 0.3 is 5.97 Å². The molecular weight excluding hydrogens is 209 g/mol. The Kier molecular flexibility index (Phi) is 3.08. The molecule has 0 saturated heterocycles. The van der Waals surface area contributed by atoms with Crippen molar-refractivity contribution in [2.75, 3.05) is 11.9 Å². The molecule has 0 aromatic heterocycles. The number of rotatable bonds is 4. The maximum atomic E-state index is 13.6. The number of hydrogen-bond donors (Lipinski definition) is 1. The molecule has 16 heavy (non-hydrogen) atoms. The second kappa shape index (κ2) is 4.51. The van der Waals surface area contributed by atoms with Gasteiger partial charge in [-0.2, -0.15) is 0 Å². The molecule has 1 aromatic rings. The van der Waals surface area contributed by atoms with E-state index >= 15 is 0 Å². The second-order valence-corrected chi connectivity index (χ2v) is 3.80. The molecule has 1 aliphatic carbocycles. The van der Waals surface area contributed by atoms with Gasteiger partial charge in [-0.05, 0) is 31.9 Å². The monoisotopic (exact) mass is 223 g/mol. The van der Waals surface area contributed by atoms with Crippen molar-refractivity contribution in [1.82, 2.24) is 0 Å². The van der Waals surface area contributed by atoms with Gasteiger partial charge in [-0.15, -0.1) is 0 Å². The lowest BCUT2D eigenvalue weighted by Crippen LogP contribution is -2.12. The van der Waals surface area contributed by atoms with Crippen LogP contribution in [0.2, 0.25) is 0 Å². The molecule has 1 aliphatic rings. The Balaban J connectivity index is 2.26. The zero-order valence-corrected chi connectivity index (χ0v) is 9.13. The molecule has 1 aromatic carbocycles. The van der Waals surface area contributed by atoms with Crippen molar-refractivity contribution in [1.29, 1.82) is 0 Å². The first-order valence-electron chi connectivity index (χ1n) is 5.44. The predicted molar refractivity (Wildman–Crippen MR) is 59.0 cm³/mol. The zero-order chi connectivity index (χ0) is 11.5. The third-order valence-corrected chi connectivity index (χ3v) is 2.43. The van der Waals surface area contributed by atoms with E-state index in [-0.39, 0.29) is 17.9 Å². The quantitative estimate of drug-likeness (QED) is 0.797. The highest BCUT2D eigenvalue weighted by Gasteiger charge is 2.25. The van der Waals surface area contributed by atoms with E-state index in [1.807, 2.05) is 0 Å². The first-order valence-corrected chi connectivity index (χ1v) is 5.44. The van der Waals surface area contributed by atoms with Crippen LogP contribution in [0.15, 0.2) is 18.2 Å². The van der Waals surface area contributed by atoms with Gasteiger partial charge in [0, 0.05) is 6.04 Å². The van der Waals surface area contributed by atoms with Crippen LogP contribution in [0, 0.1) is 5.82 Å². The van der Waals surface area contributed by atoms with Crippen molar-refractivity contribution in [3.05, 3.63) is 29.6 Å². The van der Waals surface area contributed by atoms with Gasteiger partial charge in [-0.3, -0.25) is 0 Å². The average Bonchev–Trinajstić information content (AvgIpc) is 3.05. The Morgan fingerprint density at radius 1 is 1.56 bits per heavy atom. The van der Waals surface area contributed by atoms with Gasteiger partial charge in [-0.1, -0.05) is 6.07 Å². The van der Waals surface area contributed by atoms with E-state index < -0.39 is 11.8 Å². The largest absolute Gasteiger partial charge is 0.462 e. The number of anilines is 1. The summed E-state index contributed by atoms with van der Waals surface area (Å²) >= 11 is 0. The maximum absolute atomic E-state index is 13.6. The van der Waals surface area contributed by atoms with Gasteiger partial charge in [0.15, 0.2) is 0 Å². The third kappa shape index (κ3) is 2.32. The minimum absolute atomic E-state index is 0.267. The number of nitrogens with one attached hydrogen (secondary N) is 1. The second-order valence-electron chi connectivity index (χ2n) is 3.80. The van der Waals surface area contributed by atoms with Crippen LogP contribution in [0.25, 0.3) is 0 Å². The summed E-state index contributed by atoms with van der Waals surface area (Å²) in [7, 11) is 0. The molecule has 0 amide bonds. The van der Waals surface area contributed by atoms with Gasteiger partial charge in [0.05, 0.1) is 17.9 Å². The van der Waals surface area contributed by atoms with Crippen LogP contribution in [0.1, 0.15) is 30.1 Å². The van der Waals surface area contributed by atoms with Crippen LogP contribution in [0.5, 0.6) is 0 Å². The Hall–Kier alpha value is -1.58. The van der Waals surface area contributed by atoms with Crippen LogP contribution in [0.4, 0.5) is 10.1 Å². The highest BCUT2D eigenvalue weighted by molar-refractivity contribution is 5.95. The zero-order valence-electron chi connectivity index (χ0n) is 9.13. The van der Waals surface area contributed by atoms with Crippen molar-refractivity contribution >= 4 is 11.7 Å². The normalized spacial score (nSPS) is 14.6. The molecule has 3 nitrogen and oxygen atoms in total. The van der Waals surface area contributed by atoms with E-state index in [2.05, 4.69) is 5.32 Å². The molecule has 1 N–H and O–H groups in total. The molecule has 4 heteroatoms. The van der Waals surface area contributed by atoms with E-state index in [9.17, 15) is 9.18 Å². The Bertz CT molecular complexity index is 402. The summed E-state index contributed by atoms with van der Waals surface area (Å²) in [6.45, 7) is 2.02. The Morgan fingerprint density at radius 2 is 2.31 bits per heavy atom. The molecule has 0 atom stereocenters. The van der Waals surface area contributed by atoms with Gasteiger partial charge in [0.1, 0.15) is 5.82 Å². The fourth-order valence-electron chi connectivity index (χ4n) is 1.48. The summed E-state index contributed by atoms with van der Waals surface area (Å²) in [5.74, 6) is -0.886. The van der Waals surface area contributed by atoms with Crippen molar-refractivity contribution in [3.63, 3.8) is 0 Å². The smallest absolute Gasteiger partial charge is 0.340 e. The number of halogens is 1. The third-order valence-electron chi connectivity index (χ3n) is 2.43. The van der Waals surface area contributed by atoms with E-state index in [0.29, 0.717) is 6.04 Å². The van der Waals surface area contributed by atoms with Crippen LogP contribution >= 0.6 is 0 Å². The van der Waals surface area contributed by atoms with Gasteiger partial charge in [-0.25, -0.2) is 9.18 Å². The highest BCUT2D eigenvalue weighted by Crippen LogP contribution is 2.29. The molecule has 0 radical (unpaired) electrons. The predicted octanol–water partition coefficient (Wildman–Crippen LogP) is 2.58. The SMILES string of the molecule is CCOC(=O)c1cccc(F)c1NC1CC1. The maximum Gasteiger partial charge on any atom is 0.340 e. The first kappa shape index (κ1) is 10.9. The summed E-state index contributed by atoms with van der Waals surface area (Å²) < 4.78 is 18.4. The summed E-state index contributed by atoms with van der Waals surface area (Å²) in [5.41, 5.74) is 0.539. The molecule has 86 valence electrons. The number of carbonyl (C=O) groups is 1. The number of para-hydroxylation sites is 1. The van der Waals surface area contributed by atoms with Crippen LogP contribution in [-0.4, -0.2) is 18.6 Å². The minimum atomic E-state index is -0.481. The standard InChI is InChI=1S/C12H14FNO2/c1-2-16-12(15)9-4-3-5-10(13)11(9)14-8-6-7-8/h3-5,8,14H,2,6-7H2,1H3. The Labute approximate surface area is 93.6 Å². The molecule has 0 unspecified atom stereocenters. The number of benzene rings is 1. The van der Waals surface area contributed by atoms with Crippen LogP contribution in [-0.2, 0) is 4.74 Å². The lowest BCUT2D eigenvalue weighted by atomic mass is 10.1. The lowest BCUT2D eigenvalue weighted by Gasteiger charge is -2.11. The molecular formula is C12H14FNO2. The minimum Gasteiger partial charge on any atom is -0.462 e. The van der Waals surface area contributed by atoms with E-state index in [1.54, 1.807) is 13.0 Å². The van der Waals surface area contributed by atoms with E-state index in [4.69, 9.17) is 4.74 Å². The number of ether oxygens (including phenoxy) is 1. The van der Waals surface area contributed by atoms with Crippen molar-refractivity contribution in [2.45, 2.75) is 25.8 Å². The summed E-state index contributed by atoms with van der Waals surface area (Å²) in [4.78, 5) is 11.6. The molecule has 1 saturated carbocycles. The lowest BCUT2D eigenvalue weighted by molar-refractivity contribution is 0.0527. The molecule has 0 heterocycles. The van der Waals surface area contributed by atoms with Crippen molar-refractivity contribution in [2.24, 2.45) is 0 Å². The number of carbonyl (C=O) groups excluding carboxylic acids is 1. The molecule has 0 aliphatic heterocycles. The summed E-state index contributed by atoms with van der Waals surface area (Å²) in [6.07, 6.45) is 2.05. The fraction of sp³-hybridized carbons (Fsp3) is 0.417. The molecule has 1 fully saturated rings. The van der Waals surface area contributed by atoms with Crippen molar-refractivity contribution < 1.29 is 13.9 Å². The van der Waals surface area contributed by atoms with Crippen LogP contribution in [0.3, 0.4) is 0 Å². The van der Waals surface area contributed by atoms with Crippen molar-refractivity contribution in [3.8, 4) is 0 Å². The molecule has 0 spiro atoms. The van der Waals surface area contributed by atoms with Gasteiger partial charge in [0.25, 0.3) is 0 Å². The number of hydrogen-bond acceptors (Lipinski definition) is 3. The molecule has 0 bridgehead atoms.